The Labute approximate surface area is 208 Å². The molecular formula is C27H27N3O4S. The molecule has 3 aromatic carbocycles. The third-order valence-electron chi connectivity index (χ3n) is 5.43. The Kier molecular flexibility index (Phi) is 7.21. The summed E-state index contributed by atoms with van der Waals surface area (Å²) in [6, 6.07) is 19.7. The highest BCUT2D eigenvalue weighted by Crippen LogP contribution is 2.37. The highest BCUT2D eigenvalue weighted by Gasteiger charge is 2.23. The van der Waals surface area contributed by atoms with Crippen LogP contribution < -0.4 is 0 Å². The molecule has 0 bridgehead atoms. The maximum absolute atomic E-state index is 11.9. The first-order chi connectivity index (χ1) is 16.7. The highest BCUT2D eigenvalue weighted by molar-refractivity contribution is 7.99. The van der Waals surface area contributed by atoms with Crippen LogP contribution in [0, 0.1) is 0 Å². The standard InChI is InChI=1S/C27H27N3O4S/c1-27(2,3)21-15-18(9-12-25(32)34-14-13-31)16-24(26(21)33)30-28-22-11-10-20(17-23(22)29-30)35-19-7-5-4-6-8-19/h4-8,10-11,13,15-17,33H,9,12,14H2,1-3H3. The number of rotatable bonds is 8. The molecule has 0 amide bonds. The normalized spacial score (nSPS) is 11.5. The van der Waals surface area contributed by atoms with Gasteiger partial charge in [-0.1, -0.05) is 56.8 Å². The predicted molar refractivity (Wildman–Crippen MR) is 135 cm³/mol. The summed E-state index contributed by atoms with van der Waals surface area (Å²) in [4.78, 5) is 26.0. The zero-order chi connectivity index (χ0) is 25.0. The summed E-state index contributed by atoms with van der Waals surface area (Å²) in [7, 11) is 0. The summed E-state index contributed by atoms with van der Waals surface area (Å²) in [5, 5.41) is 20.4. The number of aromatic nitrogens is 3. The molecule has 1 aromatic heterocycles. The molecule has 4 aromatic rings. The summed E-state index contributed by atoms with van der Waals surface area (Å²) >= 11 is 1.64. The number of fused-ring (bicyclic) bond motifs is 1. The number of hydrogen-bond donors (Lipinski definition) is 1. The topological polar surface area (TPSA) is 94.3 Å². The summed E-state index contributed by atoms with van der Waals surface area (Å²) in [5.41, 5.74) is 3.09. The molecular weight excluding hydrogens is 462 g/mol. The van der Waals surface area contributed by atoms with E-state index in [2.05, 4.69) is 22.3 Å². The van der Waals surface area contributed by atoms with Crippen molar-refractivity contribution in [1.29, 1.82) is 0 Å². The summed E-state index contributed by atoms with van der Waals surface area (Å²) in [6.07, 6.45) is 1.06. The second-order valence-corrected chi connectivity index (χ2v) is 10.3. The van der Waals surface area contributed by atoms with E-state index >= 15 is 0 Å². The van der Waals surface area contributed by atoms with Gasteiger partial charge in [-0.3, -0.25) is 9.59 Å². The van der Waals surface area contributed by atoms with Crippen molar-refractivity contribution in [1.82, 2.24) is 15.0 Å². The number of phenols is 1. The predicted octanol–water partition coefficient (Wildman–Crippen LogP) is 5.25. The molecule has 7 nitrogen and oxygen atoms in total. The monoisotopic (exact) mass is 489 g/mol. The quantitative estimate of drug-likeness (QED) is 0.267. The Bertz CT molecular complexity index is 1360. The van der Waals surface area contributed by atoms with Crippen molar-refractivity contribution in [2.45, 2.75) is 48.8 Å². The SMILES string of the molecule is CC(C)(C)c1cc(CCC(=O)OCC=O)cc(-n2nc3ccc(Sc4ccccc4)cc3n2)c1O. The molecule has 0 aliphatic heterocycles. The van der Waals surface area contributed by atoms with Gasteiger partial charge in [0.15, 0.2) is 6.29 Å². The van der Waals surface area contributed by atoms with Crippen LogP contribution in [-0.2, 0) is 26.2 Å². The number of nitrogens with zero attached hydrogens (tertiary/aromatic N) is 3. The van der Waals surface area contributed by atoms with E-state index in [0.717, 1.165) is 20.9 Å². The van der Waals surface area contributed by atoms with Crippen LogP contribution in [0.2, 0.25) is 0 Å². The Balaban J connectivity index is 1.68. The van der Waals surface area contributed by atoms with Crippen LogP contribution in [0.15, 0.2) is 70.5 Å². The third kappa shape index (κ3) is 5.89. The van der Waals surface area contributed by atoms with E-state index in [-0.39, 0.29) is 24.2 Å². The van der Waals surface area contributed by atoms with Crippen LogP contribution in [0.25, 0.3) is 16.7 Å². The van der Waals surface area contributed by atoms with E-state index < -0.39 is 5.97 Å². The minimum atomic E-state index is -0.449. The van der Waals surface area contributed by atoms with Crippen LogP contribution in [-0.4, -0.2) is 39.0 Å². The molecule has 0 saturated heterocycles. The number of ether oxygens (including phenoxy) is 1. The third-order valence-corrected chi connectivity index (χ3v) is 6.43. The van der Waals surface area contributed by atoms with E-state index in [0.29, 0.717) is 29.4 Å². The molecule has 1 heterocycles. The number of hydrogen-bond acceptors (Lipinski definition) is 7. The Morgan fingerprint density at radius 1 is 1.03 bits per heavy atom. The molecule has 0 radical (unpaired) electrons. The van der Waals surface area contributed by atoms with E-state index in [9.17, 15) is 14.7 Å². The van der Waals surface area contributed by atoms with Gasteiger partial charge >= 0.3 is 5.97 Å². The average molecular weight is 490 g/mol. The first-order valence-electron chi connectivity index (χ1n) is 11.3. The summed E-state index contributed by atoms with van der Waals surface area (Å²) in [6.45, 7) is 5.78. The van der Waals surface area contributed by atoms with Gasteiger partial charge in [0.1, 0.15) is 29.1 Å². The number of aldehydes is 1. The molecule has 0 atom stereocenters. The van der Waals surface area contributed by atoms with Crippen molar-refractivity contribution in [3.05, 3.63) is 71.8 Å². The molecule has 0 aliphatic carbocycles. The highest BCUT2D eigenvalue weighted by atomic mass is 32.2. The Hall–Kier alpha value is -3.65. The van der Waals surface area contributed by atoms with E-state index in [4.69, 9.17) is 4.74 Å². The van der Waals surface area contributed by atoms with Gasteiger partial charge in [-0.05, 0) is 53.8 Å². The number of carbonyl (C=O) groups is 2. The van der Waals surface area contributed by atoms with Crippen LogP contribution in [0.4, 0.5) is 0 Å². The molecule has 0 spiro atoms. The smallest absolute Gasteiger partial charge is 0.306 e. The van der Waals surface area contributed by atoms with Crippen molar-refractivity contribution in [3.63, 3.8) is 0 Å². The second-order valence-electron chi connectivity index (χ2n) is 9.17. The van der Waals surface area contributed by atoms with Gasteiger partial charge in [-0.2, -0.15) is 0 Å². The molecule has 0 saturated carbocycles. The van der Waals surface area contributed by atoms with E-state index in [1.165, 1.54) is 4.80 Å². The Morgan fingerprint density at radius 3 is 2.49 bits per heavy atom. The van der Waals surface area contributed by atoms with Gasteiger partial charge in [0.05, 0.1) is 0 Å². The molecule has 4 rings (SSSR count). The lowest BCUT2D eigenvalue weighted by Crippen LogP contribution is -2.14. The first-order valence-corrected chi connectivity index (χ1v) is 12.1. The molecule has 0 aliphatic rings. The lowest BCUT2D eigenvalue weighted by Gasteiger charge is -2.23. The lowest BCUT2D eigenvalue weighted by atomic mass is 9.84. The number of phenolic OH excluding ortho intramolecular Hbond substituents is 1. The fraction of sp³-hybridized carbons (Fsp3) is 0.259. The Morgan fingerprint density at radius 2 is 1.77 bits per heavy atom. The van der Waals surface area contributed by atoms with Crippen molar-refractivity contribution in [3.8, 4) is 11.4 Å². The van der Waals surface area contributed by atoms with Crippen molar-refractivity contribution in [2.75, 3.05) is 6.61 Å². The van der Waals surface area contributed by atoms with Gasteiger partial charge in [0, 0.05) is 21.8 Å². The van der Waals surface area contributed by atoms with Gasteiger partial charge in [-0.25, -0.2) is 0 Å². The first kappa shape index (κ1) is 24.5. The van der Waals surface area contributed by atoms with Crippen LogP contribution in [0.1, 0.15) is 38.3 Å². The van der Waals surface area contributed by atoms with Crippen LogP contribution in [0.3, 0.4) is 0 Å². The molecule has 35 heavy (non-hydrogen) atoms. The molecule has 8 heteroatoms. The van der Waals surface area contributed by atoms with Crippen LogP contribution in [0.5, 0.6) is 5.75 Å². The summed E-state index contributed by atoms with van der Waals surface area (Å²) < 4.78 is 4.85. The van der Waals surface area contributed by atoms with Crippen molar-refractivity contribution >= 4 is 35.1 Å². The fourth-order valence-electron chi connectivity index (χ4n) is 3.68. The number of aromatic hydroxyl groups is 1. The van der Waals surface area contributed by atoms with Crippen molar-refractivity contribution < 1.29 is 19.4 Å². The van der Waals surface area contributed by atoms with Gasteiger partial charge in [0.25, 0.3) is 0 Å². The molecule has 180 valence electrons. The van der Waals surface area contributed by atoms with Crippen LogP contribution >= 0.6 is 11.8 Å². The lowest BCUT2D eigenvalue weighted by molar-refractivity contribution is -0.145. The zero-order valence-electron chi connectivity index (χ0n) is 19.9. The number of carbonyl (C=O) groups excluding carboxylic acids is 2. The largest absolute Gasteiger partial charge is 0.505 e. The van der Waals surface area contributed by atoms with E-state index in [1.54, 1.807) is 17.8 Å². The minimum Gasteiger partial charge on any atom is -0.505 e. The second kappa shape index (κ2) is 10.3. The van der Waals surface area contributed by atoms with Gasteiger partial charge in [0.2, 0.25) is 0 Å². The fourth-order valence-corrected chi connectivity index (χ4v) is 4.55. The van der Waals surface area contributed by atoms with E-state index in [1.807, 2.05) is 63.2 Å². The molecule has 0 fully saturated rings. The average Bonchev–Trinajstić information content (AvgIpc) is 3.25. The summed E-state index contributed by atoms with van der Waals surface area (Å²) in [5.74, 6) is -0.348. The van der Waals surface area contributed by atoms with Crippen molar-refractivity contribution in [2.24, 2.45) is 0 Å². The number of esters is 1. The molecule has 0 unspecified atom stereocenters. The van der Waals surface area contributed by atoms with Gasteiger partial charge < -0.3 is 9.84 Å². The zero-order valence-corrected chi connectivity index (χ0v) is 20.7. The minimum absolute atomic E-state index is 0.101. The maximum Gasteiger partial charge on any atom is 0.306 e. The number of benzene rings is 3. The number of aryl methyl sites for hydroxylation is 1. The molecule has 1 N–H and O–H groups in total. The maximum atomic E-state index is 11.9. The van der Waals surface area contributed by atoms with Gasteiger partial charge in [-0.15, -0.1) is 15.0 Å².